The third-order valence-electron chi connectivity index (χ3n) is 3.81. The summed E-state index contributed by atoms with van der Waals surface area (Å²) in [7, 11) is 3.11. The molecule has 0 amide bonds. The summed E-state index contributed by atoms with van der Waals surface area (Å²) in [5.41, 5.74) is 2.13. The van der Waals surface area contributed by atoms with Gasteiger partial charge < -0.3 is 9.47 Å². The summed E-state index contributed by atoms with van der Waals surface area (Å²) in [6.07, 6.45) is 1.73. The molecule has 0 saturated heterocycles. The SMILES string of the molecule is COc1cc2nccc3c4c(OC)cccc4n(c1=O)c23. The minimum atomic E-state index is -0.189. The molecule has 4 aromatic rings. The fourth-order valence-electron chi connectivity index (χ4n) is 2.93. The zero-order chi connectivity index (χ0) is 14.6. The highest BCUT2D eigenvalue weighted by molar-refractivity contribution is 6.15. The van der Waals surface area contributed by atoms with Crippen LogP contribution in [0.25, 0.3) is 27.3 Å². The average Bonchev–Trinajstić information content (AvgIpc) is 2.87. The Kier molecular flexibility index (Phi) is 2.33. The van der Waals surface area contributed by atoms with Gasteiger partial charge in [0.1, 0.15) is 5.75 Å². The minimum absolute atomic E-state index is 0.189. The quantitative estimate of drug-likeness (QED) is 0.566. The molecule has 4 rings (SSSR count). The van der Waals surface area contributed by atoms with Crippen molar-refractivity contribution in [2.45, 2.75) is 0 Å². The van der Waals surface area contributed by atoms with Crippen LogP contribution in [-0.2, 0) is 0 Å². The number of pyridine rings is 2. The van der Waals surface area contributed by atoms with Crippen LogP contribution in [0.1, 0.15) is 0 Å². The number of ether oxygens (including phenoxy) is 2. The number of hydrogen-bond donors (Lipinski definition) is 0. The smallest absolute Gasteiger partial charge is 0.298 e. The van der Waals surface area contributed by atoms with Gasteiger partial charge in [0, 0.05) is 17.6 Å². The van der Waals surface area contributed by atoms with Gasteiger partial charge >= 0.3 is 0 Å². The molecule has 3 aromatic heterocycles. The molecule has 0 radical (unpaired) electrons. The van der Waals surface area contributed by atoms with Crippen LogP contribution in [0.2, 0.25) is 0 Å². The number of aromatic nitrogens is 2. The third-order valence-corrected chi connectivity index (χ3v) is 3.81. The van der Waals surface area contributed by atoms with Crippen LogP contribution in [0.3, 0.4) is 0 Å². The Morgan fingerprint density at radius 1 is 1.10 bits per heavy atom. The second-order valence-electron chi connectivity index (χ2n) is 4.80. The molecule has 0 aliphatic carbocycles. The van der Waals surface area contributed by atoms with Crippen molar-refractivity contribution in [1.29, 1.82) is 0 Å². The Labute approximate surface area is 119 Å². The van der Waals surface area contributed by atoms with Crippen LogP contribution >= 0.6 is 0 Å². The van der Waals surface area contributed by atoms with E-state index in [4.69, 9.17) is 9.47 Å². The van der Waals surface area contributed by atoms with Gasteiger partial charge in [0.2, 0.25) is 0 Å². The van der Waals surface area contributed by atoms with Crippen LogP contribution in [-0.4, -0.2) is 23.6 Å². The van der Waals surface area contributed by atoms with Crippen molar-refractivity contribution in [2.75, 3.05) is 14.2 Å². The van der Waals surface area contributed by atoms with Gasteiger partial charge in [-0.05, 0) is 18.2 Å². The zero-order valence-corrected chi connectivity index (χ0v) is 11.6. The molecule has 5 heteroatoms. The predicted molar refractivity (Wildman–Crippen MR) is 80.8 cm³/mol. The molecule has 104 valence electrons. The Bertz CT molecular complexity index is 1040. The standard InChI is InChI=1S/C16H12N2O3/c1-20-12-5-3-4-11-14(12)9-6-7-17-10-8-13(21-2)16(19)18(11)15(9)10/h3-8H,1-2H3. The summed E-state index contributed by atoms with van der Waals surface area (Å²) >= 11 is 0. The lowest BCUT2D eigenvalue weighted by atomic mass is 10.1. The fourth-order valence-corrected chi connectivity index (χ4v) is 2.93. The molecule has 3 heterocycles. The van der Waals surface area contributed by atoms with E-state index in [1.54, 1.807) is 23.8 Å². The summed E-state index contributed by atoms with van der Waals surface area (Å²) in [4.78, 5) is 17.0. The second-order valence-corrected chi connectivity index (χ2v) is 4.80. The van der Waals surface area contributed by atoms with E-state index in [9.17, 15) is 4.79 Å². The van der Waals surface area contributed by atoms with E-state index in [0.717, 1.165) is 33.1 Å². The van der Waals surface area contributed by atoms with Gasteiger partial charge in [0.15, 0.2) is 5.75 Å². The first-order chi connectivity index (χ1) is 10.3. The molecular weight excluding hydrogens is 268 g/mol. The van der Waals surface area contributed by atoms with Crippen LogP contribution in [0.4, 0.5) is 0 Å². The lowest BCUT2D eigenvalue weighted by Gasteiger charge is -2.03. The Balaban J connectivity index is 2.42. The summed E-state index contributed by atoms with van der Waals surface area (Å²) in [6, 6.07) is 9.24. The Morgan fingerprint density at radius 3 is 2.67 bits per heavy atom. The molecule has 0 atom stereocenters. The number of methoxy groups -OCH3 is 2. The van der Waals surface area contributed by atoms with Crippen LogP contribution in [0, 0.1) is 0 Å². The van der Waals surface area contributed by atoms with Crippen molar-refractivity contribution in [2.24, 2.45) is 0 Å². The van der Waals surface area contributed by atoms with E-state index in [0.29, 0.717) is 0 Å². The van der Waals surface area contributed by atoms with E-state index in [1.165, 1.54) is 7.11 Å². The second kappa shape index (κ2) is 4.09. The topological polar surface area (TPSA) is 52.8 Å². The molecule has 5 nitrogen and oxygen atoms in total. The lowest BCUT2D eigenvalue weighted by molar-refractivity contribution is 0.408. The van der Waals surface area contributed by atoms with Crippen LogP contribution < -0.4 is 15.0 Å². The van der Waals surface area contributed by atoms with Crippen molar-refractivity contribution < 1.29 is 9.47 Å². The van der Waals surface area contributed by atoms with Crippen molar-refractivity contribution in [3.63, 3.8) is 0 Å². The molecule has 0 aliphatic rings. The van der Waals surface area contributed by atoms with Crippen molar-refractivity contribution in [3.8, 4) is 11.5 Å². The van der Waals surface area contributed by atoms with E-state index in [1.807, 2.05) is 24.3 Å². The first-order valence-electron chi connectivity index (χ1n) is 6.52. The zero-order valence-electron chi connectivity index (χ0n) is 11.6. The number of fused-ring (bicyclic) bond motifs is 3. The van der Waals surface area contributed by atoms with E-state index >= 15 is 0 Å². The van der Waals surface area contributed by atoms with Gasteiger partial charge in [-0.15, -0.1) is 0 Å². The minimum Gasteiger partial charge on any atom is -0.496 e. The molecule has 21 heavy (non-hydrogen) atoms. The summed E-state index contributed by atoms with van der Waals surface area (Å²) in [6.45, 7) is 0. The van der Waals surface area contributed by atoms with Gasteiger partial charge in [-0.3, -0.25) is 14.2 Å². The van der Waals surface area contributed by atoms with Gasteiger partial charge in [-0.1, -0.05) is 6.07 Å². The fraction of sp³-hybridized carbons (Fsp3) is 0.125. The monoisotopic (exact) mass is 280 g/mol. The molecule has 0 bridgehead atoms. The van der Waals surface area contributed by atoms with Crippen molar-refractivity contribution in [3.05, 3.63) is 46.9 Å². The van der Waals surface area contributed by atoms with Gasteiger partial charge in [0.05, 0.1) is 36.2 Å². The summed E-state index contributed by atoms with van der Waals surface area (Å²) in [5.74, 6) is 1.02. The van der Waals surface area contributed by atoms with Crippen LogP contribution in [0.5, 0.6) is 11.5 Å². The maximum absolute atomic E-state index is 12.6. The normalized spacial score (nSPS) is 11.5. The van der Waals surface area contributed by atoms with Crippen molar-refractivity contribution >= 4 is 27.3 Å². The molecule has 0 spiro atoms. The van der Waals surface area contributed by atoms with Gasteiger partial charge in [-0.25, -0.2) is 0 Å². The molecule has 0 fully saturated rings. The van der Waals surface area contributed by atoms with E-state index in [2.05, 4.69) is 4.98 Å². The molecule has 1 aromatic carbocycles. The Hall–Kier alpha value is -2.82. The first kappa shape index (κ1) is 12.0. The van der Waals surface area contributed by atoms with Crippen LogP contribution in [0.15, 0.2) is 41.3 Å². The maximum Gasteiger partial charge on any atom is 0.298 e. The highest BCUT2D eigenvalue weighted by Crippen LogP contribution is 2.36. The predicted octanol–water partition coefficient (Wildman–Crippen LogP) is 2.46. The number of nitrogens with zero attached hydrogens (tertiary/aromatic N) is 2. The molecular formula is C16H12N2O3. The van der Waals surface area contributed by atoms with Gasteiger partial charge in [0.25, 0.3) is 5.56 Å². The molecule has 0 unspecified atom stereocenters. The highest BCUT2D eigenvalue weighted by Gasteiger charge is 2.18. The van der Waals surface area contributed by atoms with E-state index in [-0.39, 0.29) is 11.3 Å². The molecule has 0 saturated carbocycles. The number of rotatable bonds is 2. The molecule has 0 N–H and O–H groups in total. The maximum atomic E-state index is 12.6. The summed E-state index contributed by atoms with van der Waals surface area (Å²) < 4.78 is 12.3. The van der Waals surface area contributed by atoms with E-state index < -0.39 is 0 Å². The number of hydrogen-bond acceptors (Lipinski definition) is 4. The summed E-state index contributed by atoms with van der Waals surface area (Å²) in [5, 5.41) is 1.87. The number of benzene rings is 1. The average molecular weight is 280 g/mol. The first-order valence-corrected chi connectivity index (χ1v) is 6.52. The van der Waals surface area contributed by atoms with Gasteiger partial charge in [-0.2, -0.15) is 0 Å². The Morgan fingerprint density at radius 2 is 1.90 bits per heavy atom. The largest absolute Gasteiger partial charge is 0.496 e. The third kappa shape index (κ3) is 1.40. The molecule has 0 aliphatic heterocycles. The highest BCUT2D eigenvalue weighted by atomic mass is 16.5. The lowest BCUT2D eigenvalue weighted by Crippen LogP contribution is -2.14. The van der Waals surface area contributed by atoms with Crippen molar-refractivity contribution in [1.82, 2.24) is 9.38 Å².